The topological polar surface area (TPSA) is 96.2 Å². The molecule has 1 unspecified atom stereocenters. The van der Waals surface area contributed by atoms with Crippen LogP contribution in [-0.2, 0) is 11.3 Å². The van der Waals surface area contributed by atoms with E-state index in [9.17, 15) is 4.79 Å². The fourth-order valence-electron chi connectivity index (χ4n) is 1.03. The van der Waals surface area contributed by atoms with E-state index in [-0.39, 0.29) is 6.54 Å². The Morgan fingerprint density at radius 1 is 1.73 bits per heavy atom. The Morgan fingerprint density at radius 3 is 3.07 bits per heavy atom. The maximum absolute atomic E-state index is 10.7. The third kappa shape index (κ3) is 3.59. The Balaban J connectivity index is 2.49. The highest BCUT2D eigenvalue weighted by molar-refractivity contribution is 5.79. The van der Waals surface area contributed by atoms with Crippen LogP contribution in [0.1, 0.15) is 13.3 Å². The smallest absolute Gasteiger partial charge is 0.236 e. The van der Waals surface area contributed by atoms with Gasteiger partial charge in [-0.3, -0.25) is 9.48 Å². The van der Waals surface area contributed by atoms with Gasteiger partial charge in [0.25, 0.3) is 0 Å². The Morgan fingerprint density at radius 2 is 2.47 bits per heavy atom. The van der Waals surface area contributed by atoms with Gasteiger partial charge in [0.05, 0.1) is 25.5 Å². The SMILES string of the molecule is CCCOc1cnn(CC(N)C(N)=O)c1. The third-order valence-corrected chi connectivity index (χ3v) is 1.83. The van der Waals surface area contributed by atoms with Gasteiger partial charge in [-0.05, 0) is 6.42 Å². The summed E-state index contributed by atoms with van der Waals surface area (Å²) in [5.41, 5.74) is 10.5. The van der Waals surface area contributed by atoms with Gasteiger partial charge in [0, 0.05) is 0 Å². The number of ether oxygens (including phenoxy) is 1. The van der Waals surface area contributed by atoms with Gasteiger partial charge in [0.15, 0.2) is 5.75 Å². The first-order chi connectivity index (χ1) is 7.13. The minimum atomic E-state index is -0.719. The van der Waals surface area contributed by atoms with E-state index in [2.05, 4.69) is 5.10 Å². The molecule has 0 aliphatic heterocycles. The summed E-state index contributed by atoms with van der Waals surface area (Å²) in [4.78, 5) is 10.7. The first kappa shape index (κ1) is 11.5. The lowest BCUT2D eigenvalue weighted by molar-refractivity contribution is -0.119. The second-order valence-electron chi connectivity index (χ2n) is 3.26. The summed E-state index contributed by atoms with van der Waals surface area (Å²) >= 11 is 0. The first-order valence-corrected chi connectivity index (χ1v) is 4.83. The van der Waals surface area contributed by atoms with E-state index in [1.807, 2.05) is 6.92 Å². The number of rotatable bonds is 6. The van der Waals surface area contributed by atoms with Crippen molar-refractivity contribution in [2.75, 3.05) is 6.61 Å². The minimum Gasteiger partial charge on any atom is -0.490 e. The van der Waals surface area contributed by atoms with Gasteiger partial charge in [-0.25, -0.2) is 0 Å². The van der Waals surface area contributed by atoms with E-state index in [0.29, 0.717) is 12.4 Å². The van der Waals surface area contributed by atoms with E-state index in [1.54, 1.807) is 17.1 Å². The quantitative estimate of drug-likeness (QED) is 0.663. The molecule has 0 saturated carbocycles. The molecule has 1 aromatic rings. The van der Waals surface area contributed by atoms with Crippen molar-refractivity contribution in [1.82, 2.24) is 9.78 Å². The predicted molar refractivity (Wildman–Crippen MR) is 55.2 cm³/mol. The van der Waals surface area contributed by atoms with E-state index in [4.69, 9.17) is 16.2 Å². The number of nitrogens with zero attached hydrogens (tertiary/aromatic N) is 2. The van der Waals surface area contributed by atoms with Crippen LogP contribution in [-0.4, -0.2) is 28.3 Å². The van der Waals surface area contributed by atoms with Crippen LogP contribution >= 0.6 is 0 Å². The number of primary amides is 1. The van der Waals surface area contributed by atoms with Gasteiger partial charge in [-0.2, -0.15) is 5.10 Å². The molecule has 0 aliphatic rings. The van der Waals surface area contributed by atoms with Gasteiger partial charge in [-0.15, -0.1) is 0 Å². The molecule has 0 bridgehead atoms. The molecule has 6 heteroatoms. The van der Waals surface area contributed by atoms with Gasteiger partial charge in [0.1, 0.15) is 6.04 Å². The van der Waals surface area contributed by atoms with Crippen LogP contribution < -0.4 is 16.2 Å². The van der Waals surface area contributed by atoms with Crippen molar-refractivity contribution in [2.24, 2.45) is 11.5 Å². The lowest BCUT2D eigenvalue weighted by Crippen LogP contribution is -2.39. The van der Waals surface area contributed by atoms with Crippen molar-refractivity contribution in [2.45, 2.75) is 25.9 Å². The summed E-state index contributed by atoms with van der Waals surface area (Å²) in [6.45, 7) is 2.94. The number of amides is 1. The molecular formula is C9H16N4O2. The zero-order valence-electron chi connectivity index (χ0n) is 8.72. The molecule has 0 saturated heterocycles. The van der Waals surface area contributed by atoms with E-state index < -0.39 is 11.9 Å². The summed E-state index contributed by atoms with van der Waals surface area (Å²) in [7, 11) is 0. The summed E-state index contributed by atoms with van der Waals surface area (Å²) < 4.78 is 6.88. The molecule has 0 aliphatic carbocycles. The first-order valence-electron chi connectivity index (χ1n) is 4.83. The average molecular weight is 212 g/mol. The standard InChI is InChI=1S/C9H16N4O2/c1-2-3-15-7-4-12-13(5-7)6-8(10)9(11)14/h4-5,8H,2-3,6,10H2,1H3,(H2,11,14). The van der Waals surface area contributed by atoms with Crippen LogP contribution in [0.2, 0.25) is 0 Å². The van der Waals surface area contributed by atoms with E-state index >= 15 is 0 Å². The zero-order chi connectivity index (χ0) is 11.3. The van der Waals surface area contributed by atoms with Crippen molar-refractivity contribution in [3.05, 3.63) is 12.4 Å². The molecule has 1 rings (SSSR count). The second-order valence-corrected chi connectivity index (χ2v) is 3.26. The molecular weight excluding hydrogens is 196 g/mol. The van der Waals surface area contributed by atoms with Crippen molar-refractivity contribution in [1.29, 1.82) is 0 Å². The Kier molecular flexibility index (Phi) is 4.11. The average Bonchev–Trinajstić information content (AvgIpc) is 2.62. The fourth-order valence-corrected chi connectivity index (χ4v) is 1.03. The van der Waals surface area contributed by atoms with Crippen molar-refractivity contribution < 1.29 is 9.53 Å². The van der Waals surface area contributed by atoms with Crippen LogP contribution in [0.5, 0.6) is 5.75 Å². The van der Waals surface area contributed by atoms with E-state index in [0.717, 1.165) is 6.42 Å². The van der Waals surface area contributed by atoms with Crippen molar-refractivity contribution in [3.8, 4) is 5.75 Å². The maximum Gasteiger partial charge on any atom is 0.236 e. The molecule has 4 N–H and O–H groups in total. The number of carbonyl (C=O) groups is 1. The molecule has 0 radical (unpaired) electrons. The Bertz CT molecular complexity index is 324. The van der Waals surface area contributed by atoms with Crippen molar-refractivity contribution in [3.63, 3.8) is 0 Å². The lowest BCUT2D eigenvalue weighted by Gasteiger charge is -2.06. The summed E-state index contributed by atoms with van der Waals surface area (Å²) in [6, 6.07) is -0.719. The number of nitrogens with two attached hydrogens (primary N) is 2. The molecule has 1 amide bonds. The molecule has 0 spiro atoms. The highest BCUT2D eigenvalue weighted by Crippen LogP contribution is 2.08. The zero-order valence-corrected chi connectivity index (χ0v) is 8.72. The number of hydrogen-bond donors (Lipinski definition) is 2. The number of carbonyl (C=O) groups excluding carboxylic acids is 1. The molecule has 84 valence electrons. The Labute approximate surface area is 88.2 Å². The van der Waals surface area contributed by atoms with Crippen LogP contribution in [0.3, 0.4) is 0 Å². The van der Waals surface area contributed by atoms with Crippen LogP contribution in [0.15, 0.2) is 12.4 Å². The monoisotopic (exact) mass is 212 g/mol. The predicted octanol–water partition coefficient (Wildman–Crippen LogP) is -0.515. The largest absolute Gasteiger partial charge is 0.490 e. The highest BCUT2D eigenvalue weighted by atomic mass is 16.5. The van der Waals surface area contributed by atoms with Crippen LogP contribution in [0.4, 0.5) is 0 Å². The second kappa shape index (κ2) is 5.35. The summed E-state index contributed by atoms with van der Waals surface area (Å²) in [5.74, 6) is 0.134. The minimum absolute atomic E-state index is 0.269. The molecule has 0 fully saturated rings. The molecule has 1 atom stereocenters. The normalized spacial score (nSPS) is 12.4. The molecule has 0 aromatic carbocycles. The van der Waals surface area contributed by atoms with E-state index in [1.165, 1.54) is 0 Å². The molecule has 1 heterocycles. The molecule has 15 heavy (non-hydrogen) atoms. The van der Waals surface area contributed by atoms with Gasteiger partial charge < -0.3 is 16.2 Å². The van der Waals surface area contributed by atoms with Gasteiger partial charge in [-0.1, -0.05) is 6.92 Å². The lowest BCUT2D eigenvalue weighted by atomic mass is 10.3. The third-order valence-electron chi connectivity index (χ3n) is 1.83. The molecule has 1 aromatic heterocycles. The van der Waals surface area contributed by atoms with Crippen LogP contribution in [0, 0.1) is 0 Å². The van der Waals surface area contributed by atoms with Gasteiger partial charge >= 0.3 is 0 Å². The number of hydrogen-bond acceptors (Lipinski definition) is 4. The number of aromatic nitrogens is 2. The summed E-state index contributed by atoms with van der Waals surface area (Å²) in [5, 5.41) is 4.00. The molecule has 6 nitrogen and oxygen atoms in total. The summed E-state index contributed by atoms with van der Waals surface area (Å²) in [6.07, 6.45) is 4.22. The Hall–Kier alpha value is -1.56. The fraction of sp³-hybridized carbons (Fsp3) is 0.556. The maximum atomic E-state index is 10.7. The highest BCUT2D eigenvalue weighted by Gasteiger charge is 2.10. The van der Waals surface area contributed by atoms with Gasteiger partial charge in [0.2, 0.25) is 5.91 Å². The van der Waals surface area contributed by atoms with Crippen molar-refractivity contribution >= 4 is 5.91 Å². The van der Waals surface area contributed by atoms with Crippen LogP contribution in [0.25, 0.3) is 0 Å².